The normalized spacial score (nSPS) is 23.4. The fourth-order valence-electron chi connectivity index (χ4n) is 2.56. The van der Waals surface area contributed by atoms with Gasteiger partial charge in [-0.3, -0.25) is 4.79 Å². The maximum absolute atomic E-state index is 11.4. The van der Waals surface area contributed by atoms with Crippen molar-refractivity contribution in [3.05, 3.63) is 23.3 Å². The zero-order chi connectivity index (χ0) is 12.9. The van der Waals surface area contributed by atoms with Gasteiger partial charge in [0.25, 0.3) is 0 Å². The summed E-state index contributed by atoms with van der Waals surface area (Å²) < 4.78 is 5.56. The van der Waals surface area contributed by atoms with Crippen molar-refractivity contribution in [2.24, 2.45) is 5.92 Å². The number of amides is 1. The number of fused-ring (bicyclic) bond motifs is 3. The largest absolute Gasteiger partial charge is 0.492 e. The molecule has 0 spiro atoms. The van der Waals surface area contributed by atoms with E-state index in [4.69, 9.17) is 4.74 Å². The van der Waals surface area contributed by atoms with Crippen LogP contribution in [-0.4, -0.2) is 23.6 Å². The van der Waals surface area contributed by atoms with Gasteiger partial charge in [-0.2, -0.15) is 0 Å². The van der Waals surface area contributed by atoms with Gasteiger partial charge >= 0.3 is 5.97 Å². The fraction of sp³-hybridized carbons (Fsp3) is 0.385. The molecular formula is C13H13NO4. The number of nitrogens with one attached hydrogen (secondary N) is 1. The highest BCUT2D eigenvalue weighted by Crippen LogP contribution is 2.55. The number of rotatable bonds is 2. The second-order valence-electron chi connectivity index (χ2n) is 4.81. The van der Waals surface area contributed by atoms with Crippen LogP contribution in [0.5, 0.6) is 5.75 Å². The average Bonchev–Trinajstić information content (AvgIpc) is 3.06. The molecular weight excluding hydrogens is 234 g/mol. The number of carbonyl (C=O) groups is 2. The maximum atomic E-state index is 11.4. The van der Waals surface area contributed by atoms with E-state index in [0.717, 1.165) is 12.0 Å². The SMILES string of the molecule is CC(=O)Nc1ccc2c(c1C(=O)O)OCC1CC21. The van der Waals surface area contributed by atoms with Crippen molar-refractivity contribution in [1.29, 1.82) is 0 Å². The van der Waals surface area contributed by atoms with Gasteiger partial charge in [0.05, 0.1) is 12.3 Å². The van der Waals surface area contributed by atoms with Crippen molar-refractivity contribution < 1.29 is 19.4 Å². The van der Waals surface area contributed by atoms with Gasteiger partial charge in [0.2, 0.25) is 5.91 Å². The molecule has 0 aromatic heterocycles. The van der Waals surface area contributed by atoms with Gasteiger partial charge in [0.15, 0.2) is 0 Å². The monoisotopic (exact) mass is 247 g/mol. The molecule has 1 aromatic rings. The molecule has 1 fully saturated rings. The van der Waals surface area contributed by atoms with Crippen LogP contribution in [0.1, 0.15) is 35.2 Å². The van der Waals surface area contributed by atoms with Crippen LogP contribution in [0, 0.1) is 5.92 Å². The molecule has 2 unspecified atom stereocenters. The van der Waals surface area contributed by atoms with E-state index >= 15 is 0 Å². The van der Waals surface area contributed by atoms with Crippen molar-refractivity contribution in [2.75, 3.05) is 11.9 Å². The predicted octanol–water partition coefficient (Wildman–Crippen LogP) is 1.84. The third-order valence-electron chi connectivity index (χ3n) is 3.48. The number of ether oxygens (including phenoxy) is 1. The van der Waals surface area contributed by atoms with E-state index in [1.165, 1.54) is 6.92 Å². The second kappa shape index (κ2) is 3.73. The van der Waals surface area contributed by atoms with Gasteiger partial charge in [-0.1, -0.05) is 6.07 Å². The van der Waals surface area contributed by atoms with Crippen molar-refractivity contribution in [2.45, 2.75) is 19.3 Å². The Bertz CT molecular complexity index is 552. The number of carboxylic acids is 1. The Morgan fingerprint density at radius 2 is 2.22 bits per heavy atom. The molecule has 2 atom stereocenters. The lowest BCUT2D eigenvalue weighted by atomic mass is 10.00. The molecule has 0 saturated heterocycles. The lowest BCUT2D eigenvalue weighted by molar-refractivity contribution is -0.114. The summed E-state index contributed by atoms with van der Waals surface area (Å²) in [6, 6.07) is 3.50. The third kappa shape index (κ3) is 1.63. The van der Waals surface area contributed by atoms with Crippen LogP contribution in [0.25, 0.3) is 0 Å². The molecule has 5 nitrogen and oxygen atoms in total. The highest BCUT2D eigenvalue weighted by molar-refractivity contribution is 6.02. The van der Waals surface area contributed by atoms with Crippen LogP contribution in [0.15, 0.2) is 12.1 Å². The Morgan fingerprint density at radius 3 is 2.89 bits per heavy atom. The molecule has 1 aliphatic heterocycles. The van der Waals surface area contributed by atoms with Crippen molar-refractivity contribution in [3.63, 3.8) is 0 Å². The lowest BCUT2D eigenvalue weighted by Crippen LogP contribution is -2.16. The van der Waals surface area contributed by atoms with E-state index < -0.39 is 5.97 Å². The zero-order valence-corrected chi connectivity index (χ0v) is 9.90. The van der Waals surface area contributed by atoms with E-state index in [1.807, 2.05) is 6.07 Å². The van der Waals surface area contributed by atoms with Crippen LogP contribution in [-0.2, 0) is 4.79 Å². The van der Waals surface area contributed by atoms with Gasteiger partial charge in [-0.05, 0) is 24.0 Å². The summed E-state index contributed by atoms with van der Waals surface area (Å²) >= 11 is 0. The number of benzene rings is 1. The van der Waals surface area contributed by atoms with Crippen LogP contribution in [0.4, 0.5) is 5.69 Å². The number of carbonyl (C=O) groups excluding carboxylic acids is 1. The molecule has 3 rings (SSSR count). The topological polar surface area (TPSA) is 75.6 Å². The Labute approximate surface area is 104 Å². The Hall–Kier alpha value is -2.04. The first-order valence-electron chi connectivity index (χ1n) is 5.88. The molecule has 1 saturated carbocycles. The van der Waals surface area contributed by atoms with E-state index in [2.05, 4.69) is 5.32 Å². The average molecular weight is 247 g/mol. The molecule has 5 heteroatoms. The highest BCUT2D eigenvalue weighted by atomic mass is 16.5. The molecule has 1 aromatic carbocycles. The number of carboxylic acid groups (broad SMARTS) is 1. The number of aromatic carboxylic acids is 1. The summed E-state index contributed by atoms with van der Waals surface area (Å²) in [6.45, 7) is 1.92. The maximum Gasteiger partial charge on any atom is 0.341 e. The smallest absolute Gasteiger partial charge is 0.341 e. The van der Waals surface area contributed by atoms with Crippen LogP contribution in [0.2, 0.25) is 0 Å². The molecule has 94 valence electrons. The van der Waals surface area contributed by atoms with Crippen LogP contribution < -0.4 is 10.1 Å². The van der Waals surface area contributed by atoms with E-state index in [-0.39, 0.29) is 11.5 Å². The molecule has 1 amide bonds. The first-order chi connectivity index (χ1) is 8.58. The van der Waals surface area contributed by atoms with Crippen LogP contribution >= 0.6 is 0 Å². The van der Waals surface area contributed by atoms with Crippen molar-refractivity contribution >= 4 is 17.6 Å². The molecule has 2 aliphatic rings. The Morgan fingerprint density at radius 1 is 1.44 bits per heavy atom. The minimum Gasteiger partial charge on any atom is -0.492 e. The molecule has 2 N–H and O–H groups in total. The van der Waals surface area contributed by atoms with Crippen molar-refractivity contribution in [1.82, 2.24) is 0 Å². The molecule has 1 aliphatic carbocycles. The van der Waals surface area contributed by atoms with Gasteiger partial charge in [0.1, 0.15) is 11.3 Å². The number of hydrogen-bond donors (Lipinski definition) is 2. The summed E-state index contributed by atoms with van der Waals surface area (Å²) in [6.07, 6.45) is 1.06. The fourth-order valence-corrected chi connectivity index (χ4v) is 2.56. The van der Waals surface area contributed by atoms with Gasteiger partial charge in [0, 0.05) is 12.8 Å². The highest BCUT2D eigenvalue weighted by Gasteiger charge is 2.45. The predicted molar refractivity (Wildman–Crippen MR) is 64.0 cm³/mol. The van der Waals surface area contributed by atoms with Gasteiger partial charge < -0.3 is 15.2 Å². The minimum atomic E-state index is -1.07. The molecule has 0 bridgehead atoms. The van der Waals surface area contributed by atoms with E-state index in [0.29, 0.717) is 29.9 Å². The number of anilines is 1. The molecule has 0 radical (unpaired) electrons. The van der Waals surface area contributed by atoms with Gasteiger partial charge in [-0.25, -0.2) is 4.79 Å². The summed E-state index contributed by atoms with van der Waals surface area (Å²) in [5.74, 6) is 0.0174. The van der Waals surface area contributed by atoms with Crippen LogP contribution in [0.3, 0.4) is 0 Å². The third-order valence-corrected chi connectivity index (χ3v) is 3.48. The van der Waals surface area contributed by atoms with E-state index in [1.54, 1.807) is 6.07 Å². The van der Waals surface area contributed by atoms with E-state index in [9.17, 15) is 14.7 Å². The molecule has 1 heterocycles. The summed E-state index contributed by atoms with van der Waals surface area (Å²) in [5, 5.41) is 11.8. The Kier molecular flexibility index (Phi) is 2.29. The summed E-state index contributed by atoms with van der Waals surface area (Å²) in [4.78, 5) is 22.4. The van der Waals surface area contributed by atoms with Gasteiger partial charge in [-0.15, -0.1) is 0 Å². The summed E-state index contributed by atoms with van der Waals surface area (Å²) in [5.41, 5.74) is 1.32. The van der Waals surface area contributed by atoms with Crippen molar-refractivity contribution in [3.8, 4) is 5.75 Å². The zero-order valence-electron chi connectivity index (χ0n) is 9.90. The standard InChI is InChI=1S/C13H13NO4/c1-6(15)14-10-3-2-8-9-4-7(9)5-18-12(8)11(10)13(16)17/h2-3,7,9H,4-5H2,1H3,(H,14,15)(H,16,17). The minimum absolute atomic E-state index is 0.0630. The second-order valence-corrected chi connectivity index (χ2v) is 4.81. The Balaban J connectivity index is 2.12. The summed E-state index contributed by atoms with van der Waals surface area (Å²) in [7, 11) is 0. The number of hydrogen-bond acceptors (Lipinski definition) is 3. The first kappa shape index (κ1) is 11.1. The lowest BCUT2D eigenvalue weighted by Gasteiger charge is -2.20. The quantitative estimate of drug-likeness (QED) is 0.836. The first-order valence-corrected chi connectivity index (χ1v) is 5.88. The molecule has 18 heavy (non-hydrogen) atoms.